The fourth-order valence-electron chi connectivity index (χ4n) is 2.07. The molecule has 0 saturated carbocycles. The summed E-state index contributed by atoms with van der Waals surface area (Å²) in [6.07, 6.45) is 1.98. The summed E-state index contributed by atoms with van der Waals surface area (Å²) in [4.78, 5) is 13.0. The van der Waals surface area contributed by atoms with Crippen LogP contribution < -0.4 is 4.90 Å². The molecule has 2 rings (SSSR count). The van der Waals surface area contributed by atoms with Crippen LogP contribution >= 0.6 is 11.3 Å². The summed E-state index contributed by atoms with van der Waals surface area (Å²) >= 11 is 1.39. The van der Waals surface area contributed by atoms with Gasteiger partial charge in [0.2, 0.25) is 5.13 Å². The molecule has 1 saturated heterocycles. The second-order valence-corrected chi connectivity index (χ2v) is 4.63. The molecule has 2 atom stereocenters. The van der Waals surface area contributed by atoms with Gasteiger partial charge in [-0.15, -0.1) is 10.2 Å². The SMILES string of the molecule is CC1CCCN(c2nncs2)C1C(=O)O. The zero-order chi connectivity index (χ0) is 10.8. The minimum atomic E-state index is -0.766. The van der Waals surface area contributed by atoms with E-state index in [4.69, 9.17) is 0 Å². The molecule has 1 aromatic heterocycles. The lowest BCUT2D eigenvalue weighted by atomic mass is 9.91. The number of carboxylic acid groups (broad SMARTS) is 1. The van der Waals surface area contributed by atoms with E-state index in [1.165, 1.54) is 11.3 Å². The number of piperidine rings is 1. The lowest BCUT2D eigenvalue weighted by Gasteiger charge is -2.36. The lowest BCUT2D eigenvalue weighted by molar-refractivity contribution is -0.140. The number of aliphatic carboxylic acids is 1. The minimum Gasteiger partial charge on any atom is -0.480 e. The van der Waals surface area contributed by atoms with Crippen LogP contribution in [0.5, 0.6) is 0 Å². The Morgan fingerprint density at radius 2 is 2.53 bits per heavy atom. The van der Waals surface area contributed by atoms with Gasteiger partial charge in [-0.3, -0.25) is 0 Å². The molecule has 1 N–H and O–H groups in total. The molecule has 5 nitrogen and oxygen atoms in total. The van der Waals surface area contributed by atoms with E-state index >= 15 is 0 Å². The molecule has 0 aromatic carbocycles. The maximum Gasteiger partial charge on any atom is 0.326 e. The average molecular weight is 227 g/mol. The van der Waals surface area contributed by atoms with Crippen LogP contribution in [0.3, 0.4) is 0 Å². The highest BCUT2D eigenvalue weighted by molar-refractivity contribution is 7.13. The first kappa shape index (κ1) is 10.4. The van der Waals surface area contributed by atoms with Crippen molar-refractivity contribution in [2.45, 2.75) is 25.8 Å². The van der Waals surface area contributed by atoms with Gasteiger partial charge in [-0.1, -0.05) is 18.3 Å². The summed E-state index contributed by atoms with van der Waals surface area (Å²) in [7, 11) is 0. The first-order chi connectivity index (χ1) is 7.20. The zero-order valence-corrected chi connectivity index (χ0v) is 9.28. The van der Waals surface area contributed by atoms with Crippen LogP contribution in [0.15, 0.2) is 5.51 Å². The van der Waals surface area contributed by atoms with Crippen molar-refractivity contribution in [3.8, 4) is 0 Å². The summed E-state index contributed by atoms with van der Waals surface area (Å²) in [5.41, 5.74) is 1.63. The number of rotatable bonds is 2. The molecule has 0 bridgehead atoms. The van der Waals surface area contributed by atoms with E-state index in [2.05, 4.69) is 10.2 Å². The van der Waals surface area contributed by atoms with Crippen molar-refractivity contribution in [3.63, 3.8) is 0 Å². The molecule has 15 heavy (non-hydrogen) atoms. The fourth-order valence-corrected chi connectivity index (χ4v) is 2.69. The van der Waals surface area contributed by atoms with Gasteiger partial charge in [0.15, 0.2) is 0 Å². The quantitative estimate of drug-likeness (QED) is 0.823. The Morgan fingerprint density at radius 3 is 3.13 bits per heavy atom. The van der Waals surface area contributed by atoms with Crippen molar-refractivity contribution in [2.24, 2.45) is 5.92 Å². The molecule has 0 amide bonds. The Hall–Kier alpha value is -1.17. The number of hydrogen-bond donors (Lipinski definition) is 1. The van der Waals surface area contributed by atoms with E-state index in [0.717, 1.165) is 19.4 Å². The molecule has 0 aliphatic carbocycles. The Kier molecular flexibility index (Phi) is 2.86. The van der Waals surface area contributed by atoms with Gasteiger partial charge in [-0.25, -0.2) is 4.79 Å². The van der Waals surface area contributed by atoms with Gasteiger partial charge < -0.3 is 10.0 Å². The van der Waals surface area contributed by atoms with Gasteiger partial charge in [0.05, 0.1) is 0 Å². The van der Waals surface area contributed by atoms with Gasteiger partial charge >= 0.3 is 5.97 Å². The number of carbonyl (C=O) groups is 1. The Morgan fingerprint density at radius 1 is 1.73 bits per heavy atom. The molecule has 1 aliphatic heterocycles. The Bertz CT molecular complexity index is 341. The summed E-state index contributed by atoms with van der Waals surface area (Å²) in [5.74, 6) is -0.599. The van der Waals surface area contributed by atoms with Crippen molar-refractivity contribution in [3.05, 3.63) is 5.51 Å². The first-order valence-corrected chi connectivity index (χ1v) is 5.83. The van der Waals surface area contributed by atoms with Crippen LogP contribution in [0.2, 0.25) is 0 Å². The van der Waals surface area contributed by atoms with E-state index in [1.54, 1.807) is 5.51 Å². The predicted molar refractivity (Wildman–Crippen MR) is 57.1 cm³/mol. The maximum absolute atomic E-state index is 11.2. The summed E-state index contributed by atoms with van der Waals surface area (Å²) in [5, 5.41) is 17.6. The minimum absolute atomic E-state index is 0.167. The first-order valence-electron chi connectivity index (χ1n) is 4.96. The van der Waals surface area contributed by atoms with Crippen LogP contribution in [0.25, 0.3) is 0 Å². The number of anilines is 1. The number of aromatic nitrogens is 2. The van der Waals surface area contributed by atoms with Crippen molar-refractivity contribution in [1.82, 2.24) is 10.2 Å². The van der Waals surface area contributed by atoms with Gasteiger partial charge in [0.25, 0.3) is 0 Å². The van der Waals surface area contributed by atoms with Crippen molar-refractivity contribution in [2.75, 3.05) is 11.4 Å². The molecular weight excluding hydrogens is 214 g/mol. The molecular formula is C9H13N3O2S. The zero-order valence-electron chi connectivity index (χ0n) is 8.46. The summed E-state index contributed by atoms with van der Waals surface area (Å²) in [6, 6.07) is -0.452. The Balaban J connectivity index is 2.24. The van der Waals surface area contributed by atoms with Gasteiger partial charge in [-0.05, 0) is 18.8 Å². The normalized spacial score (nSPS) is 26.6. The Labute approximate surface area is 91.7 Å². The largest absolute Gasteiger partial charge is 0.480 e. The summed E-state index contributed by atoms with van der Waals surface area (Å²) in [6.45, 7) is 2.74. The standard InChI is InChI=1S/C9H13N3O2S/c1-6-3-2-4-12(7(6)8(13)14)9-11-10-5-15-9/h5-7H,2-4H2,1H3,(H,13,14). The van der Waals surface area contributed by atoms with Crippen LogP contribution in [0.4, 0.5) is 5.13 Å². The highest BCUT2D eigenvalue weighted by Crippen LogP contribution is 2.29. The molecule has 0 radical (unpaired) electrons. The van der Waals surface area contributed by atoms with Crippen LogP contribution in [0, 0.1) is 5.92 Å². The van der Waals surface area contributed by atoms with Crippen LogP contribution in [-0.4, -0.2) is 33.9 Å². The molecule has 0 spiro atoms. The van der Waals surface area contributed by atoms with Gasteiger partial charge in [0.1, 0.15) is 11.6 Å². The molecule has 6 heteroatoms. The van der Waals surface area contributed by atoms with E-state index < -0.39 is 12.0 Å². The highest BCUT2D eigenvalue weighted by Gasteiger charge is 2.35. The molecule has 82 valence electrons. The van der Waals surface area contributed by atoms with Crippen molar-refractivity contribution < 1.29 is 9.90 Å². The molecule has 1 aliphatic rings. The maximum atomic E-state index is 11.2. The van der Waals surface area contributed by atoms with Gasteiger partial charge in [-0.2, -0.15) is 0 Å². The van der Waals surface area contributed by atoms with E-state index in [1.807, 2.05) is 11.8 Å². The molecule has 2 heterocycles. The topological polar surface area (TPSA) is 66.3 Å². The molecule has 1 aromatic rings. The van der Waals surface area contributed by atoms with Crippen molar-refractivity contribution in [1.29, 1.82) is 0 Å². The monoisotopic (exact) mass is 227 g/mol. The van der Waals surface area contributed by atoms with Gasteiger partial charge in [0, 0.05) is 6.54 Å². The molecule has 2 unspecified atom stereocenters. The van der Waals surface area contributed by atoms with Crippen LogP contribution in [-0.2, 0) is 4.79 Å². The molecule has 1 fully saturated rings. The van der Waals surface area contributed by atoms with Crippen molar-refractivity contribution >= 4 is 22.4 Å². The van der Waals surface area contributed by atoms with E-state index in [0.29, 0.717) is 5.13 Å². The fraction of sp³-hybridized carbons (Fsp3) is 0.667. The second-order valence-electron chi connectivity index (χ2n) is 3.82. The lowest BCUT2D eigenvalue weighted by Crippen LogP contribution is -2.49. The summed E-state index contributed by atoms with van der Waals surface area (Å²) < 4.78 is 0. The third-order valence-electron chi connectivity index (χ3n) is 2.78. The van der Waals surface area contributed by atoms with E-state index in [-0.39, 0.29) is 5.92 Å². The smallest absolute Gasteiger partial charge is 0.326 e. The average Bonchev–Trinajstić information content (AvgIpc) is 2.69. The predicted octanol–water partition coefficient (Wildman–Crippen LogP) is 1.23. The van der Waals surface area contributed by atoms with E-state index in [9.17, 15) is 9.90 Å². The number of hydrogen-bond acceptors (Lipinski definition) is 5. The highest BCUT2D eigenvalue weighted by atomic mass is 32.1. The number of carboxylic acids is 1. The second kappa shape index (κ2) is 4.14. The third kappa shape index (κ3) is 1.94. The van der Waals surface area contributed by atoms with Crippen LogP contribution in [0.1, 0.15) is 19.8 Å². The number of nitrogens with zero attached hydrogens (tertiary/aromatic N) is 3. The third-order valence-corrected chi connectivity index (χ3v) is 3.51.